The molecule has 0 aromatic carbocycles. The van der Waals surface area contributed by atoms with E-state index in [9.17, 15) is 57.5 Å². The Hall–Kier alpha value is -2.05. The number of hydrogen-bond donors (Lipinski definition) is 0. The second kappa shape index (κ2) is 13.1. The summed E-state index contributed by atoms with van der Waals surface area (Å²) in [5.41, 5.74) is 0. The molecule has 0 bridgehead atoms. The Labute approximate surface area is 202 Å². The van der Waals surface area contributed by atoms with Crippen LogP contribution in [-0.2, 0) is 23.7 Å². The summed E-state index contributed by atoms with van der Waals surface area (Å²) < 4.78 is 176. The van der Waals surface area contributed by atoms with Gasteiger partial charge in [0.1, 0.15) is 32.7 Å². The lowest BCUT2D eigenvalue weighted by molar-refractivity contribution is -0.400. The standard InChI is InChI=1S/C19H23F12NO5/c1-4-6-32(7-5-2)13(33)15(22,23)9-17(26,27)37-19(30,31)12-35-10-14(20,21)8-16(24,25)36-18(28,29)11-34-3/h4-5H,1-2,6-12H2,3H3. The largest absolute Gasteiger partial charge is 0.383 e. The first-order chi connectivity index (χ1) is 16.5. The molecule has 0 N–H and O–H groups in total. The SMILES string of the molecule is C=CCN(CC=C)C(=O)C(F)(F)CC(F)(F)OC(F)(F)COCC(F)(F)CC(F)(F)OC(F)(F)COC. The number of carbonyl (C=O) groups excluding carboxylic acids is 1. The second-order valence-electron chi connectivity index (χ2n) is 7.38. The van der Waals surface area contributed by atoms with Crippen molar-refractivity contribution < 1.29 is 76.4 Å². The third-order valence-corrected chi connectivity index (χ3v) is 3.68. The Morgan fingerprint density at radius 2 is 1.14 bits per heavy atom. The molecule has 18 heteroatoms. The summed E-state index contributed by atoms with van der Waals surface area (Å²) in [5, 5.41) is 0. The lowest BCUT2D eigenvalue weighted by Crippen LogP contribution is -2.48. The van der Waals surface area contributed by atoms with Crippen molar-refractivity contribution in [3.63, 3.8) is 0 Å². The van der Waals surface area contributed by atoms with Crippen molar-refractivity contribution in [3.8, 4) is 0 Å². The third-order valence-electron chi connectivity index (χ3n) is 3.68. The molecule has 0 spiro atoms. The van der Waals surface area contributed by atoms with Crippen LogP contribution in [-0.4, -0.2) is 87.1 Å². The number of hydrogen-bond acceptors (Lipinski definition) is 5. The van der Waals surface area contributed by atoms with Crippen molar-refractivity contribution in [1.29, 1.82) is 0 Å². The number of amides is 1. The maximum atomic E-state index is 14.0. The molecule has 1 amide bonds. The number of halogens is 12. The molecule has 0 saturated carbocycles. The fraction of sp³-hybridized carbons (Fsp3) is 0.737. The van der Waals surface area contributed by atoms with Crippen LogP contribution in [0.3, 0.4) is 0 Å². The highest BCUT2D eigenvalue weighted by atomic mass is 19.3. The Morgan fingerprint density at radius 3 is 1.57 bits per heavy atom. The van der Waals surface area contributed by atoms with Crippen LogP contribution in [0.25, 0.3) is 0 Å². The van der Waals surface area contributed by atoms with Crippen LogP contribution in [0.1, 0.15) is 12.8 Å². The van der Waals surface area contributed by atoms with E-state index in [1.807, 2.05) is 0 Å². The van der Waals surface area contributed by atoms with Gasteiger partial charge in [-0.3, -0.25) is 14.3 Å². The summed E-state index contributed by atoms with van der Waals surface area (Å²) in [6.45, 7) is -1.34. The number of rotatable bonds is 19. The molecule has 0 fully saturated rings. The van der Waals surface area contributed by atoms with Crippen LogP contribution in [0.4, 0.5) is 52.7 Å². The average Bonchev–Trinajstić information content (AvgIpc) is 2.62. The van der Waals surface area contributed by atoms with Crippen LogP contribution in [0.15, 0.2) is 25.3 Å². The monoisotopic (exact) mass is 573 g/mol. The van der Waals surface area contributed by atoms with Crippen LogP contribution in [0.5, 0.6) is 0 Å². The first-order valence-electron chi connectivity index (χ1n) is 9.78. The van der Waals surface area contributed by atoms with E-state index in [1.165, 1.54) is 0 Å². The maximum absolute atomic E-state index is 14.0. The van der Waals surface area contributed by atoms with E-state index in [-0.39, 0.29) is 0 Å². The number of methoxy groups -OCH3 is 1. The van der Waals surface area contributed by atoms with E-state index in [1.54, 1.807) is 0 Å². The summed E-state index contributed by atoms with van der Waals surface area (Å²) in [5.74, 6) is -12.0. The van der Waals surface area contributed by atoms with Gasteiger partial charge in [-0.1, -0.05) is 12.2 Å². The summed E-state index contributed by atoms with van der Waals surface area (Å²) >= 11 is 0. The van der Waals surface area contributed by atoms with Crippen LogP contribution in [0, 0.1) is 0 Å². The van der Waals surface area contributed by atoms with Gasteiger partial charge in [0.25, 0.3) is 11.8 Å². The molecule has 0 atom stereocenters. The van der Waals surface area contributed by atoms with Crippen molar-refractivity contribution >= 4 is 5.91 Å². The fourth-order valence-corrected chi connectivity index (χ4v) is 2.52. The molecule has 6 nitrogen and oxygen atoms in total. The van der Waals surface area contributed by atoms with Gasteiger partial charge in [0.05, 0.1) is 0 Å². The van der Waals surface area contributed by atoms with E-state index < -0.39 is 87.9 Å². The minimum atomic E-state index is -5.42. The second-order valence-corrected chi connectivity index (χ2v) is 7.38. The number of ether oxygens (including phenoxy) is 4. The summed E-state index contributed by atoms with van der Waals surface area (Å²) in [6.07, 6.45) is -24.4. The maximum Gasteiger partial charge on any atom is 0.383 e. The number of carbonyl (C=O) groups is 1. The molecule has 0 rings (SSSR count). The van der Waals surface area contributed by atoms with Crippen molar-refractivity contribution in [2.75, 3.05) is 40.0 Å². The van der Waals surface area contributed by atoms with Gasteiger partial charge in [-0.25, -0.2) is 8.78 Å². The van der Waals surface area contributed by atoms with Gasteiger partial charge in [0.2, 0.25) is 0 Å². The van der Waals surface area contributed by atoms with Crippen LogP contribution >= 0.6 is 0 Å². The first-order valence-corrected chi connectivity index (χ1v) is 9.78. The molecular weight excluding hydrogens is 550 g/mol. The normalized spacial score (nSPS) is 14.0. The molecule has 0 aromatic rings. The van der Waals surface area contributed by atoms with E-state index >= 15 is 0 Å². The zero-order valence-electron chi connectivity index (χ0n) is 19.0. The zero-order valence-corrected chi connectivity index (χ0v) is 19.0. The highest BCUT2D eigenvalue weighted by molar-refractivity contribution is 5.83. The molecule has 0 radical (unpaired) electrons. The smallest absolute Gasteiger partial charge is 0.376 e. The third kappa shape index (κ3) is 13.9. The first kappa shape index (κ1) is 35.0. The van der Waals surface area contributed by atoms with E-state index in [0.29, 0.717) is 12.0 Å². The molecule has 0 heterocycles. The molecule has 218 valence electrons. The van der Waals surface area contributed by atoms with Gasteiger partial charge in [0, 0.05) is 20.2 Å². The van der Waals surface area contributed by atoms with Crippen molar-refractivity contribution in [1.82, 2.24) is 4.90 Å². The zero-order chi connectivity index (χ0) is 29.3. The molecule has 0 aliphatic carbocycles. The average molecular weight is 573 g/mol. The topological polar surface area (TPSA) is 57.2 Å². The molecule has 0 aliphatic heterocycles. The van der Waals surface area contributed by atoms with Gasteiger partial charge in [-0.15, -0.1) is 13.2 Å². The van der Waals surface area contributed by atoms with Gasteiger partial charge >= 0.3 is 30.4 Å². The highest BCUT2D eigenvalue weighted by Gasteiger charge is 2.55. The minimum Gasteiger partial charge on any atom is -0.376 e. The molecule has 0 aliphatic rings. The lowest BCUT2D eigenvalue weighted by atomic mass is 10.2. The predicted molar refractivity (Wildman–Crippen MR) is 101 cm³/mol. The minimum absolute atomic E-state index is 0.310. The fourth-order valence-electron chi connectivity index (χ4n) is 2.52. The van der Waals surface area contributed by atoms with Gasteiger partial charge in [-0.05, 0) is 0 Å². The molecule has 0 unspecified atom stereocenters. The van der Waals surface area contributed by atoms with Gasteiger partial charge in [0.15, 0.2) is 0 Å². The molecule has 0 aromatic heterocycles. The van der Waals surface area contributed by atoms with Crippen LogP contribution in [0.2, 0.25) is 0 Å². The number of nitrogens with zero attached hydrogens (tertiary/aromatic N) is 1. The molecule has 37 heavy (non-hydrogen) atoms. The van der Waals surface area contributed by atoms with Crippen LogP contribution < -0.4 is 0 Å². The molecular formula is C19H23F12NO5. The van der Waals surface area contributed by atoms with Gasteiger partial charge < -0.3 is 14.4 Å². The predicted octanol–water partition coefficient (Wildman–Crippen LogP) is 5.31. The van der Waals surface area contributed by atoms with Crippen molar-refractivity contribution in [2.24, 2.45) is 0 Å². The van der Waals surface area contributed by atoms with Gasteiger partial charge in [-0.2, -0.15) is 43.9 Å². The summed E-state index contributed by atoms with van der Waals surface area (Å²) in [4.78, 5) is 12.1. The molecule has 0 saturated heterocycles. The summed E-state index contributed by atoms with van der Waals surface area (Å²) in [7, 11) is 0.656. The van der Waals surface area contributed by atoms with E-state index in [0.717, 1.165) is 12.2 Å². The van der Waals surface area contributed by atoms with Crippen molar-refractivity contribution in [3.05, 3.63) is 25.3 Å². The lowest BCUT2D eigenvalue weighted by Gasteiger charge is -2.29. The Bertz CT molecular complexity index is 754. The van der Waals surface area contributed by atoms with E-state index in [4.69, 9.17) is 0 Å². The highest BCUT2D eigenvalue weighted by Crippen LogP contribution is 2.38. The Morgan fingerprint density at radius 1 is 0.703 bits per heavy atom. The summed E-state index contributed by atoms with van der Waals surface area (Å²) in [6, 6.07) is 0. The van der Waals surface area contributed by atoms with Crippen molar-refractivity contribution in [2.45, 2.75) is 49.1 Å². The number of alkyl halides is 12. The van der Waals surface area contributed by atoms with E-state index in [2.05, 4.69) is 32.1 Å². The Balaban J connectivity index is 5.08. The Kier molecular flexibility index (Phi) is 12.4. The quantitative estimate of drug-likeness (QED) is 0.155.